The lowest BCUT2D eigenvalue weighted by Gasteiger charge is -2.37. The molecule has 128 valence electrons. The van der Waals surface area contributed by atoms with Crippen LogP contribution in [-0.2, 0) is 20.8 Å². The van der Waals surface area contributed by atoms with E-state index in [4.69, 9.17) is 0 Å². The quantitative estimate of drug-likeness (QED) is 0.812. The first-order chi connectivity index (χ1) is 11.8. The minimum absolute atomic E-state index is 0.0422. The number of aromatic amines is 1. The van der Waals surface area contributed by atoms with Gasteiger partial charge in [-0.2, -0.15) is 0 Å². The van der Waals surface area contributed by atoms with Gasteiger partial charge in [-0.05, 0) is 50.3 Å². The topological polar surface area (TPSA) is 70.2 Å². The van der Waals surface area contributed by atoms with Gasteiger partial charge in [0.15, 0.2) is 11.7 Å². The second kappa shape index (κ2) is 4.40. The van der Waals surface area contributed by atoms with Gasteiger partial charge in [0.1, 0.15) is 5.78 Å². The number of hydrogen-bond donors (Lipinski definition) is 1. The van der Waals surface area contributed by atoms with E-state index in [1.54, 1.807) is 4.90 Å². The van der Waals surface area contributed by atoms with E-state index >= 15 is 0 Å². The molecule has 5 heteroatoms. The largest absolute Gasteiger partial charge is 0.361 e. The maximum Gasteiger partial charge on any atom is 0.241 e. The molecule has 0 spiro atoms. The molecule has 2 fully saturated rings. The second-order valence-electron chi connectivity index (χ2n) is 8.17. The molecular weight excluding hydrogens is 316 g/mol. The molecule has 2 aliphatic heterocycles. The normalized spacial score (nSPS) is 32.2. The number of carbonyl (C=O) groups excluding carboxylic acids is 3. The highest BCUT2D eigenvalue weighted by Gasteiger charge is 2.66. The first-order valence-corrected chi connectivity index (χ1v) is 8.80. The van der Waals surface area contributed by atoms with Crippen molar-refractivity contribution < 1.29 is 14.4 Å². The van der Waals surface area contributed by atoms with Gasteiger partial charge in [-0.3, -0.25) is 14.4 Å². The van der Waals surface area contributed by atoms with Crippen molar-refractivity contribution in [2.45, 2.75) is 44.7 Å². The van der Waals surface area contributed by atoms with E-state index in [0.29, 0.717) is 0 Å². The number of Topliss-reactive ketones (excluding diaryl/α,β-unsaturated/α-hetero) is 2. The molecule has 1 aromatic heterocycles. The van der Waals surface area contributed by atoms with Crippen LogP contribution in [-0.4, -0.2) is 38.9 Å². The highest BCUT2D eigenvalue weighted by Crippen LogP contribution is 2.57. The first kappa shape index (κ1) is 14.9. The van der Waals surface area contributed by atoms with Crippen molar-refractivity contribution in [3.8, 4) is 0 Å². The van der Waals surface area contributed by atoms with E-state index in [0.717, 1.165) is 17.5 Å². The SMILES string of the molecule is CC(=O)C1C(=O)C2C3c4c[nH]c5cccc(c45)CC3C(C)(C)N2C1=O. The maximum atomic E-state index is 13.0. The van der Waals surface area contributed by atoms with Crippen molar-refractivity contribution in [3.05, 3.63) is 35.5 Å². The van der Waals surface area contributed by atoms with Gasteiger partial charge in [0.25, 0.3) is 0 Å². The van der Waals surface area contributed by atoms with Crippen molar-refractivity contribution in [3.63, 3.8) is 0 Å². The molecule has 4 unspecified atom stereocenters. The summed E-state index contributed by atoms with van der Waals surface area (Å²) in [7, 11) is 0. The minimum Gasteiger partial charge on any atom is -0.361 e. The molecule has 0 bridgehead atoms. The van der Waals surface area contributed by atoms with E-state index in [-0.39, 0.29) is 29.3 Å². The van der Waals surface area contributed by atoms with Crippen LogP contribution in [0.2, 0.25) is 0 Å². The number of fused-ring (bicyclic) bond motifs is 4. The average Bonchev–Trinajstić information content (AvgIpc) is 3.14. The minimum atomic E-state index is -1.11. The third-order valence-electron chi connectivity index (χ3n) is 6.67. The van der Waals surface area contributed by atoms with Gasteiger partial charge in [-0.1, -0.05) is 12.1 Å². The zero-order valence-corrected chi connectivity index (χ0v) is 14.5. The third kappa shape index (κ3) is 1.57. The average molecular weight is 336 g/mol. The van der Waals surface area contributed by atoms with Crippen LogP contribution in [0.3, 0.4) is 0 Å². The summed E-state index contributed by atoms with van der Waals surface area (Å²) in [6.45, 7) is 5.42. The Labute approximate surface area is 145 Å². The van der Waals surface area contributed by atoms with E-state index in [2.05, 4.69) is 11.1 Å². The lowest BCUT2D eigenvalue weighted by Crippen LogP contribution is -2.47. The van der Waals surface area contributed by atoms with Gasteiger partial charge in [0.2, 0.25) is 5.91 Å². The molecule has 25 heavy (non-hydrogen) atoms. The number of ketones is 2. The molecule has 5 nitrogen and oxygen atoms in total. The summed E-state index contributed by atoms with van der Waals surface area (Å²) in [6.07, 6.45) is 2.83. The predicted octanol–water partition coefficient (Wildman–Crippen LogP) is 2.20. The van der Waals surface area contributed by atoms with Crippen molar-refractivity contribution in [2.24, 2.45) is 11.8 Å². The number of benzene rings is 1. The number of hydrogen-bond acceptors (Lipinski definition) is 3. The number of aromatic nitrogens is 1. The van der Waals surface area contributed by atoms with Crippen LogP contribution in [0.4, 0.5) is 0 Å². The molecular formula is C20H20N2O3. The molecule has 3 heterocycles. The molecule has 2 saturated heterocycles. The molecule has 2 aromatic rings. The van der Waals surface area contributed by atoms with Crippen LogP contribution in [0, 0.1) is 11.8 Å². The predicted molar refractivity (Wildman–Crippen MR) is 92.1 cm³/mol. The van der Waals surface area contributed by atoms with Crippen molar-refractivity contribution in [1.29, 1.82) is 0 Å². The summed E-state index contributed by atoms with van der Waals surface area (Å²) < 4.78 is 0. The lowest BCUT2D eigenvalue weighted by molar-refractivity contribution is -0.140. The highest BCUT2D eigenvalue weighted by molar-refractivity contribution is 6.24. The van der Waals surface area contributed by atoms with Crippen LogP contribution in [0.25, 0.3) is 10.9 Å². The molecule has 5 rings (SSSR count). The van der Waals surface area contributed by atoms with Crippen LogP contribution in [0.1, 0.15) is 37.8 Å². The molecule has 3 aliphatic rings. The van der Waals surface area contributed by atoms with Crippen LogP contribution in [0.15, 0.2) is 24.4 Å². The van der Waals surface area contributed by atoms with Gasteiger partial charge in [0, 0.05) is 28.6 Å². The van der Waals surface area contributed by atoms with Gasteiger partial charge < -0.3 is 9.88 Å². The number of H-pyrrole nitrogens is 1. The van der Waals surface area contributed by atoms with Crippen molar-refractivity contribution >= 4 is 28.4 Å². The van der Waals surface area contributed by atoms with Crippen LogP contribution in [0.5, 0.6) is 0 Å². The monoisotopic (exact) mass is 336 g/mol. The number of nitrogens with zero attached hydrogens (tertiary/aromatic N) is 1. The molecule has 1 aliphatic carbocycles. The zero-order valence-electron chi connectivity index (χ0n) is 14.5. The first-order valence-electron chi connectivity index (χ1n) is 8.80. The fraction of sp³-hybridized carbons (Fsp3) is 0.450. The Balaban J connectivity index is 1.75. The van der Waals surface area contributed by atoms with E-state index in [9.17, 15) is 14.4 Å². The van der Waals surface area contributed by atoms with Gasteiger partial charge in [-0.25, -0.2) is 0 Å². The van der Waals surface area contributed by atoms with Crippen molar-refractivity contribution in [1.82, 2.24) is 9.88 Å². The molecule has 0 saturated carbocycles. The summed E-state index contributed by atoms with van der Waals surface area (Å²) in [4.78, 5) is 42.9. The summed E-state index contributed by atoms with van der Waals surface area (Å²) in [6, 6.07) is 5.70. The Morgan fingerprint density at radius 2 is 2.04 bits per heavy atom. The summed E-state index contributed by atoms with van der Waals surface area (Å²) in [5, 5.41) is 1.19. The summed E-state index contributed by atoms with van der Waals surface area (Å²) >= 11 is 0. The fourth-order valence-corrected chi connectivity index (χ4v) is 5.61. The Morgan fingerprint density at radius 1 is 1.28 bits per heavy atom. The Morgan fingerprint density at radius 3 is 2.76 bits per heavy atom. The second-order valence-corrected chi connectivity index (χ2v) is 8.17. The molecule has 0 radical (unpaired) electrons. The number of carbonyl (C=O) groups is 3. The van der Waals surface area contributed by atoms with E-state index in [1.165, 1.54) is 17.9 Å². The lowest BCUT2D eigenvalue weighted by atomic mass is 9.68. The van der Waals surface area contributed by atoms with Gasteiger partial charge in [0.05, 0.1) is 6.04 Å². The molecule has 1 N–H and O–H groups in total. The summed E-state index contributed by atoms with van der Waals surface area (Å²) in [5.41, 5.74) is 3.01. The molecule has 1 aromatic carbocycles. The Kier molecular flexibility index (Phi) is 2.61. The zero-order chi connectivity index (χ0) is 17.7. The third-order valence-corrected chi connectivity index (χ3v) is 6.67. The maximum absolute atomic E-state index is 13.0. The fourth-order valence-electron chi connectivity index (χ4n) is 5.61. The highest BCUT2D eigenvalue weighted by atomic mass is 16.2. The number of nitrogens with one attached hydrogen (secondary N) is 1. The van der Waals surface area contributed by atoms with Crippen LogP contribution < -0.4 is 0 Å². The van der Waals surface area contributed by atoms with Crippen LogP contribution >= 0.6 is 0 Å². The smallest absolute Gasteiger partial charge is 0.241 e. The molecule has 4 atom stereocenters. The molecule has 1 amide bonds. The summed E-state index contributed by atoms with van der Waals surface area (Å²) in [5.74, 6) is -1.85. The Bertz CT molecular complexity index is 970. The number of rotatable bonds is 1. The van der Waals surface area contributed by atoms with Crippen molar-refractivity contribution in [2.75, 3.05) is 0 Å². The standard InChI is InChI=1S/C20H20N2O3/c1-9(23)14-18(24)17-16-11-8-21-13-6-4-5-10(15(11)13)7-12(16)20(2,3)22(17)19(14)25/h4-6,8,12,14,16-17,21H,7H2,1-3H3. The number of amides is 1. The van der Waals surface area contributed by atoms with E-state index < -0.39 is 17.5 Å². The van der Waals surface area contributed by atoms with E-state index in [1.807, 2.05) is 32.2 Å². The Hall–Kier alpha value is -2.43. The van der Waals surface area contributed by atoms with Gasteiger partial charge in [-0.15, -0.1) is 0 Å². The van der Waals surface area contributed by atoms with Gasteiger partial charge >= 0.3 is 0 Å².